The molecule has 0 aliphatic carbocycles. The molecule has 1 N–H and O–H groups in total. The molecule has 0 saturated carbocycles. The van der Waals surface area contributed by atoms with Crippen LogP contribution in [0.15, 0.2) is 18.2 Å². The van der Waals surface area contributed by atoms with E-state index < -0.39 is 29.0 Å². The predicted molar refractivity (Wildman–Crippen MR) is 153 cm³/mol. The van der Waals surface area contributed by atoms with Crippen LogP contribution in [0.2, 0.25) is 5.02 Å². The van der Waals surface area contributed by atoms with E-state index in [0.717, 1.165) is 0 Å². The van der Waals surface area contributed by atoms with Crippen LogP contribution in [0, 0.1) is 11.3 Å². The second-order valence-electron chi connectivity index (χ2n) is 13.3. The first-order chi connectivity index (χ1) is 18.9. The van der Waals surface area contributed by atoms with E-state index in [-0.39, 0.29) is 54.1 Å². The van der Waals surface area contributed by atoms with Crippen LogP contribution < -0.4 is 5.32 Å². The Morgan fingerprint density at radius 2 is 1.68 bits per heavy atom. The molecule has 0 aromatic heterocycles. The highest BCUT2D eigenvalue weighted by atomic mass is 35.5. The van der Waals surface area contributed by atoms with E-state index in [1.54, 1.807) is 31.7 Å². The molecule has 0 bridgehead atoms. The summed E-state index contributed by atoms with van der Waals surface area (Å²) >= 11 is 6.33. The number of alkyl halides is 2. The molecule has 41 heavy (non-hydrogen) atoms. The summed E-state index contributed by atoms with van der Waals surface area (Å²) in [7, 11) is 0. The first kappa shape index (κ1) is 33.0. The van der Waals surface area contributed by atoms with Crippen molar-refractivity contribution < 1.29 is 32.6 Å². The van der Waals surface area contributed by atoms with E-state index in [1.807, 2.05) is 32.6 Å². The largest absolute Gasteiger partial charge is 0.460 e. The van der Waals surface area contributed by atoms with Crippen molar-refractivity contribution in [3.8, 4) is 0 Å². The standard InChI is InChI=1S/C30H44ClF2N3O5/c1-19-16-35(17-22-21(25(32)33)9-8-10-23(22)31)18-30(19,15-24(37)40-28(2,3)4)26(38)34-20-11-13-36(14-12-20)27(39)41-29(5,6)7/h8-10,19-20,25H,11-18H2,1-7H3,(H,34,38)/t19-,30+/m0/s1. The molecule has 11 heteroatoms. The molecular weight excluding hydrogens is 556 g/mol. The summed E-state index contributed by atoms with van der Waals surface area (Å²) in [4.78, 5) is 43.1. The second kappa shape index (κ2) is 12.8. The van der Waals surface area contributed by atoms with Crippen LogP contribution in [-0.2, 0) is 25.6 Å². The highest BCUT2D eigenvalue weighted by Crippen LogP contribution is 2.42. The van der Waals surface area contributed by atoms with Crippen LogP contribution >= 0.6 is 11.6 Å². The zero-order valence-corrected chi connectivity index (χ0v) is 25.9. The maximum absolute atomic E-state index is 14.0. The number of benzene rings is 1. The van der Waals surface area contributed by atoms with Gasteiger partial charge in [0.15, 0.2) is 0 Å². The monoisotopic (exact) mass is 599 g/mol. The molecule has 230 valence electrons. The Morgan fingerprint density at radius 3 is 2.24 bits per heavy atom. The Balaban J connectivity index is 1.77. The van der Waals surface area contributed by atoms with Crippen molar-refractivity contribution >= 4 is 29.6 Å². The van der Waals surface area contributed by atoms with E-state index in [2.05, 4.69) is 5.32 Å². The fourth-order valence-corrected chi connectivity index (χ4v) is 5.82. The first-order valence-electron chi connectivity index (χ1n) is 14.2. The number of piperidine rings is 1. The number of nitrogens with zero attached hydrogens (tertiary/aromatic N) is 2. The van der Waals surface area contributed by atoms with E-state index in [9.17, 15) is 23.2 Å². The lowest BCUT2D eigenvalue weighted by Gasteiger charge is -2.37. The molecule has 2 aliphatic rings. The number of likely N-dealkylation sites (tertiary alicyclic amines) is 2. The normalized spacial score (nSPS) is 22.6. The maximum atomic E-state index is 14.0. The Kier molecular flexibility index (Phi) is 10.3. The average molecular weight is 600 g/mol. The van der Waals surface area contributed by atoms with E-state index in [0.29, 0.717) is 38.0 Å². The van der Waals surface area contributed by atoms with Crippen molar-refractivity contribution in [2.75, 3.05) is 26.2 Å². The molecule has 2 heterocycles. The predicted octanol–water partition coefficient (Wildman–Crippen LogP) is 5.96. The maximum Gasteiger partial charge on any atom is 0.410 e. The van der Waals surface area contributed by atoms with Gasteiger partial charge in [0.1, 0.15) is 11.2 Å². The van der Waals surface area contributed by atoms with Gasteiger partial charge in [-0.25, -0.2) is 13.6 Å². The highest BCUT2D eigenvalue weighted by Gasteiger charge is 2.52. The summed E-state index contributed by atoms with van der Waals surface area (Å²) in [5, 5.41) is 3.37. The molecule has 2 fully saturated rings. The van der Waals surface area contributed by atoms with E-state index in [4.69, 9.17) is 21.1 Å². The number of carbonyl (C=O) groups is 3. The number of nitrogens with one attached hydrogen (secondary N) is 1. The van der Waals surface area contributed by atoms with Crippen LogP contribution in [-0.4, -0.2) is 71.2 Å². The summed E-state index contributed by atoms with van der Waals surface area (Å²) in [6.45, 7) is 14.2. The molecule has 2 amide bonds. The minimum absolute atomic E-state index is 0.126. The Hall–Kier alpha value is -2.46. The Labute approximate surface area is 247 Å². The molecule has 2 aliphatic heterocycles. The van der Waals surface area contributed by atoms with E-state index >= 15 is 0 Å². The average Bonchev–Trinajstić information content (AvgIpc) is 3.13. The van der Waals surface area contributed by atoms with Crippen LogP contribution in [0.25, 0.3) is 0 Å². The van der Waals surface area contributed by atoms with Gasteiger partial charge in [-0.2, -0.15) is 0 Å². The van der Waals surface area contributed by atoms with Gasteiger partial charge < -0.3 is 19.7 Å². The number of amides is 2. The smallest absolute Gasteiger partial charge is 0.410 e. The molecule has 1 aromatic rings. The van der Waals surface area contributed by atoms with Gasteiger partial charge in [0.05, 0.1) is 11.8 Å². The molecule has 0 unspecified atom stereocenters. The lowest BCUT2D eigenvalue weighted by molar-refractivity contribution is -0.161. The Bertz CT molecular complexity index is 1110. The molecule has 3 rings (SSSR count). The van der Waals surface area contributed by atoms with Crippen molar-refractivity contribution in [2.24, 2.45) is 11.3 Å². The fourth-order valence-electron chi connectivity index (χ4n) is 5.58. The topological polar surface area (TPSA) is 88.2 Å². The van der Waals surface area contributed by atoms with Crippen molar-refractivity contribution in [1.29, 1.82) is 0 Å². The highest BCUT2D eigenvalue weighted by molar-refractivity contribution is 6.31. The molecule has 2 atom stereocenters. The van der Waals surface area contributed by atoms with Crippen LogP contribution in [0.5, 0.6) is 0 Å². The van der Waals surface area contributed by atoms with Gasteiger partial charge in [0.25, 0.3) is 6.43 Å². The minimum Gasteiger partial charge on any atom is -0.460 e. The quantitative estimate of drug-likeness (QED) is 0.389. The van der Waals surface area contributed by atoms with Crippen molar-refractivity contribution in [2.45, 2.75) is 97.9 Å². The third-order valence-electron chi connectivity index (χ3n) is 7.57. The second-order valence-corrected chi connectivity index (χ2v) is 13.7. The Morgan fingerprint density at radius 1 is 1.07 bits per heavy atom. The van der Waals surface area contributed by atoms with Gasteiger partial charge >= 0.3 is 12.1 Å². The summed E-state index contributed by atoms with van der Waals surface area (Å²) in [6.07, 6.45) is -2.13. The van der Waals surface area contributed by atoms with Gasteiger partial charge in [-0.3, -0.25) is 14.5 Å². The molecule has 8 nitrogen and oxygen atoms in total. The van der Waals surface area contributed by atoms with Crippen LogP contribution in [0.1, 0.15) is 85.3 Å². The number of hydrogen-bond donors (Lipinski definition) is 1. The lowest BCUT2D eigenvalue weighted by Crippen LogP contribution is -2.54. The summed E-state index contributed by atoms with van der Waals surface area (Å²) in [6, 6.07) is 4.24. The van der Waals surface area contributed by atoms with E-state index in [1.165, 1.54) is 12.1 Å². The molecule has 0 spiro atoms. The van der Waals surface area contributed by atoms with Gasteiger partial charge in [-0.1, -0.05) is 30.7 Å². The molecule has 1 aromatic carbocycles. The fraction of sp³-hybridized carbons (Fsp3) is 0.700. The number of ether oxygens (including phenoxy) is 2. The third kappa shape index (κ3) is 8.77. The van der Waals surface area contributed by atoms with Crippen molar-refractivity contribution in [1.82, 2.24) is 15.1 Å². The minimum atomic E-state index is -2.69. The third-order valence-corrected chi connectivity index (χ3v) is 7.92. The summed E-state index contributed by atoms with van der Waals surface area (Å²) < 4.78 is 38.6. The van der Waals surface area contributed by atoms with Crippen molar-refractivity contribution in [3.05, 3.63) is 34.3 Å². The van der Waals surface area contributed by atoms with Gasteiger partial charge in [-0.15, -0.1) is 0 Å². The first-order valence-corrected chi connectivity index (χ1v) is 14.6. The molecule has 0 radical (unpaired) electrons. The summed E-state index contributed by atoms with van der Waals surface area (Å²) in [5.41, 5.74) is -2.28. The zero-order chi connectivity index (χ0) is 30.8. The SMILES string of the molecule is C[C@H]1CN(Cc2c(Cl)cccc2C(F)F)C[C@@]1(CC(=O)OC(C)(C)C)C(=O)NC1CCN(C(=O)OC(C)(C)C)CC1. The number of esters is 1. The molecular formula is C30H44ClF2N3O5. The number of halogens is 3. The van der Waals surface area contributed by atoms with Gasteiger partial charge in [0.2, 0.25) is 5.91 Å². The number of rotatable bonds is 7. The number of carbonyl (C=O) groups excluding carboxylic acids is 3. The van der Waals surface area contributed by atoms with Crippen molar-refractivity contribution in [3.63, 3.8) is 0 Å². The van der Waals surface area contributed by atoms with Crippen LogP contribution in [0.4, 0.5) is 13.6 Å². The number of hydrogen-bond acceptors (Lipinski definition) is 6. The summed E-state index contributed by atoms with van der Waals surface area (Å²) in [5.74, 6) is -1.04. The zero-order valence-electron chi connectivity index (χ0n) is 25.2. The lowest BCUT2D eigenvalue weighted by atomic mass is 9.75. The van der Waals surface area contributed by atoms with Gasteiger partial charge in [0, 0.05) is 49.4 Å². The van der Waals surface area contributed by atoms with Gasteiger partial charge in [-0.05, 0) is 71.9 Å². The van der Waals surface area contributed by atoms with Crippen LogP contribution in [0.3, 0.4) is 0 Å². The molecule has 2 saturated heterocycles.